The fraction of sp³-hybridized carbons (Fsp3) is 0.350. The Bertz CT molecular complexity index is 871. The van der Waals surface area contributed by atoms with Gasteiger partial charge >= 0.3 is 0 Å². The van der Waals surface area contributed by atoms with E-state index in [1.54, 1.807) is 0 Å². The van der Waals surface area contributed by atoms with Crippen molar-refractivity contribution in [3.63, 3.8) is 0 Å². The number of carbonyl (C=O) groups excluding carboxylic acids is 1. The maximum atomic E-state index is 12.3. The highest BCUT2D eigenvalue weighted by Crippen LogP contribution is 2.17. The lowest BCUT2D eigenvalue weighted by Crippen LogP contribution is -2.36. The lowest BCUT2D eigenvalue weighted by Gasteiger charge is -2.28. The van der Waals surface area contributed by atoms with Crippen LogP contribution in [0.2, 0.25) is 0 Å². The molecular formula is C20H24N2O4S. The number of benzene rings is 2. The highest BCUT2D eigenvalue weighted by molar-refractivity contribution is 7.89. The number of nitrogens with zero attached hydrogens (tertiary/aromatic N) is 1. The zero-order valence-corrected chi connectivity index (χ0v) is 16.2. The van der Waals surface area contributed by atoms with Crippen LogP contribution in [-0.4, -0.2) is 47.0 Å². The molecule has 0 spiro atoms. The number of hydrogen-bond donors (Lipinski definition) is 1. The van der Waals surface area contributed by atoms with Crippen molar-refractivity contribution in [1.29, 1.82) is 0 Å². The molecule has 1 heterocycles. The van der Waals surface area contributed by atoms with Gasteiger partial charge in [-0.15, -0.1) is 0 Å². The number of ketones is 1. The van der Waals surface area contributed by atoms with E-state index in [0.717, 1.165) is 37.6 Å². The van der Waals surface area contributed by atoms with Crippen LogP contribution in [-0.2, 0) is 21.2 Å². The Balaban J connectivity index is 1.54. The Labute approximate surface area is 160 Å². The normalized spacial score (nSPS) is 14.9. The smallest absolute Gasteiger partial charge is 0.240 e. The molecule has 1 aliphatic rings. The maximum Gasteiger partial charge on any atom is 0.240 e. The van der Waals surface area contributed by atoms with E-state index in [9.17, 15) is 13.2 Å². The van der Waals surface area contributed by atoms with Gasteiger partial charge < -0.3 is 9.64 Å². The van der Waals surface area contributed by atoms with E-state index < -0.39 is 10.0 Å². The zero-order chi connectivity index (χ0) is 19.3. The monoisotopic (exact) mass is 388 g/mol. The number of rotatable bonds is 7. The number of hydrogen-bond acceptors (Lipinski definition) is 5. The summed E-state index contributed by atoms with van der Waals surface area (Å²) in [6, 6.07) is 14.2. The second-order valence-corrected chi connectivity index (χ2v) is 8.26. The summed E-state index contributed by atoms with van der Waals surface area (Å²) >= 11 is 0. The van der Waals surface area contributed by atoms with Crippen LogP contribution in [0.5, 0.6) is 0 Å². The number of anilines is 1. The Morgan fingerprint density at radius 2 is 1.67 bits per heavy atom. The number of carbonyl (C=O) groups is 1. The molecule has 0 saturated carbocycles. The second-order valence-electron chi connectivity index (χ2n) is 6.49. The number of sulfonamides is 1. The van der Waals surface area contributed by atoms with Crippen molar-refractivity contribution in [3.05, 3.63) is 59.7 Å². The van der Waals surface area contributed by atoms with Gasteiger partial charge in [-0.1, -0.05) is 24.3 Å². The molecule has 0 atom stereocenters. The lowest BCUT2D eigenvalue weighted by molar-refractivity contribution is 0.101. The van der Waals surface area contributed by atoms with Gasteiger partial charge in [0, 0.05) is 30.9 Å². The van der Waals surface area contributed by atoms with Gasteiger partial charge in [-0.2, -0.15) is 0 Å². The minimum atomic E-state index is -3.58. The Kier molecular flexibility index (Phi) is 6.26. The minimum absolute atomic E-state index is 0.0903. The fourth-order valence-electron chi connectivity index (χ4n) is 2.98. The molecule has 0 aromatic heterocycles. The first-order valence-electron chi connectivity index (χ1n) is 8.98. The first-order chi connectivity index (χ1) is 13.0. The van der Waals surface area contributed by atoms with Gasteiger partial charge in [0.15, 0.2) is 5.78 Å². The van der Waals surface area contributed by atoms with E-state index in [1.807, 2.05) is 12.1 Å². The average Bonchev–Trinajstić information content (AvgIpc) is 2.69. The van der Waals surface area contributed by atoms with Crippen LogP contribution >= 0.6 is 0 Å². The van der Waals surface area contributed by atoms with Crippen LogP contribution < -0.4 is 9.62 Å². The van der Waals surface area contributed by atoms with Crippen molar-refractivity contribution in [1.82, 2.24) is 4.72 Å². The third kappa shape index (κ3) is 5.15. The van der Waals surface area contributed by atoms with Crippen LogP contribution in [0, 0.1) is 0 Å². The summed E-state index contributed by atoms with van der Waals surface area (Å²) in [4.78, 5) is 13.7. The first-order valence-corrected chi connectivity index (χ1v) is 10.5. The fourth-order valence-corrected chi connectivity index (χ4v) is 4.01. The van der Waals surface area contributed by atoms with Gasteiger partial charge in [-0.25, -0.2) is 13.1 Å². The van der Waals surface area contributed by atoms with E-state index in [0.29, 0.717) is 18.5 Å². The molecular weight excluding hydrogens is 364 g/mol. The maximum absolute atomic E-state index is 12.3. The zero-order valence-electron chi connectivity index (χ0n) is 15.3. The highest BCUT2D eigenvalue weighted by atomic mass is 32.2. The van der Waals surface area contributed by atoms with E-state index in [-0.39, 0.29) is 10.7 Å². The quantitative estimate of drug-likeness (QED) is 0.737. The predicted octanol–water partition coefficient (Wildman–Crippen LogP) is 2.25. The molecule has 1 aliphatic heterocycles. The summed E-state index contributed by atoms with van der Waals surface area (Å²) < 4.78 is 32.7. The molecule has 2 aromatic carbocycles. The summed E-state index contributed by atoms with van der Waals surface area (Å²) in [7, 11) is -3.58. The van der Waals surface area contributed by atoms with Gasteiger partial charge in [0.25, 0.3) is 0 Å². The minimum Gasteiger partial charge on any atom is -0.378 e. The Hall–Kier alpha value is -2.22. The number of Topliss-reactive ketones (excluding diaryl/α,β-unsaturated/α-hetero) is 1. The van der Waals surface area contributed by atoms with Gasteiger partial charge in [0.2, 0.25) is 10.0 Å². The summed E-state index contributed by atoms with van der Waals surface area (Å²) in [5.41, 5.74) is 2.73. The molecule has 144 valence electrons. The average molecular weight is 388 g/mol. The van der Waals surface area contributed by atoms with Crippen molar-refractivity contribution in [2.24, 2.45) is 0 Å². The third-order valence-corrected chi connectivity index (χ3v) is 6.07. The second kappa shape index (κ2) is 8.65. The number of morpholine rings is 1. The largest absolute Gasteiger partial charge is 0.378 e. The standard InChI is InChI=1S/C20H24N2O4S/c1-16(23)18-4-8-20(9-5-18)27(24,25)21-11-10-17-2-6-19(7-3-17)22-12-14-26-15-13-22/h2-9,21H,10-15H2,1H3. The van der Waals surface area contributed by atoms with Gasteiger partial charge in [-0.3, -0.25) is 4.79 Å². The van der Waals surface area contributed by atoms with Gasteiger partial charge in [-0.05, 0) is 43.2 Å². The lowest BCUT2D eigenvalue weighted by atomic mass is 10.1. The molecule has 0 unspecified atom stereocenters. The number of nitrogens with one attached hydrogen (secondary N) is 1. The molecule has 6 nitrogen and oxygen atoms in total. The molecule has 0 radical (unpaired) electrons. The van der Waals surface area contributed by atoms with Crippen LogP contribution in [0.3, 0.4) is 0 Å². The molecule has 1 saturated heterocycles. The summed E-state index contributed by atoms with van der Waals surface area (Å²) in [6.45, 7) is 5.04. The first kappa shape index (κ1) is 19.5. The topological polar surface area (TPSA) is 75.7 Å². The highest BCUT2D eigenvalue weighted by Gasteiger charge is 2.14. The molecule has 27 heavy (non-hydrogen) atoms. The SMILES string of the molecule is CC(=O)c1ccc(S(=O)(=O)NCCc2ccc(N3CCOCC3)cc2)cc1. The van der Waals surface area contributed by atoms with Crippen LogP contribution in [0.15, 0.2) is 53.4 Å². The van der Waals surface area contributed by atoms with Crippen molar-refractivity contribution < 1.29 is 17.9 Å². The van der Waals surface area contributed by atoms with Crippen LogP contribution in [0.25, 0.3) is 0 Å². The van der Waals surface area contributed by atoms with Crippen molar-refractivity contribution in [2.75, 3.05) is 37.7 Å². The van der Waals surface area contributed by atoms with Crippen molar-refractivity contribution in [2.45, 2.75) is 18.2 Å². The molecule has 3 rings (SSSR count). The van der Waals surface area contributed by atoms with Crippen molar-refractivity contribution in [3.8, 4) is 0 Å². The molecule has 0 aliphatic carbocycles. The van der Waals surface area contributed by atoms with Gasteiger partial charge in [0.05, 0.1) is 18.1 Å². The molecule has 2 aromatic rings. The van der Waals surface area contributed by atoms with E-state index in [4.69, 9.17) is 4.74 Å². The molecule has 1 fully saturated rings. The van der Waals surface area contributed by atoms with E-state index in [1.165, 1.54) is 31.2 Å². The molecule has 1 N–H and O–H groups in total. The summed E-state index contributed by atoms with van der Waals surface area (Å²) in [5.74, 6) is -0.0903. The van der Waals surface area contributed by atoms with Crippen LogP contribution in [0.1, 0.15) is 22.8 Å². The third-order valence-electron chi connectivity index (χ3n) is 4.59. The van der Waals surface area contributed by atoms with Crippen LogP contribution in [0.4, 0.5) is 5.69 Å². The van der Waals surface area contributed by atoms with E-state index in [2.05, 4.69) is 21.8 Å². The van der Waals surface area contributed by atoms with E-state index >= 15 is 0 Å². The number of ether oxygens (including phenoxy) is 1. The Morgan fingerprint density at radius 1 is 1.04 bits per heavy atom. The van der Waals surface area contributed by atoms with Crippen molar-refractivity contribution >= 4 is 21.5 Å². The predicted molar refractivity (Wildman–Crippen MR) is 105 cm³/mol. The molecule has 7 heteroatoms. The van der Waals surface area contributed by atoms with Gasteiger partial charge in [0.1, 0.15) is 0 Å². The molecule has 0 amide bonds. The Morgan fingerprint density at radius 3 is 2.26 bits per heavy atom. The summed E-state index contributed by atoms with van der Waals surface area (Å²) in [5, 5.41) is 0. The molecule has 0 bridgehead atoms. The summed E-state index contributed by atoms with van der Waals surface area (Å²) in [6.07, 6.45) is 0.605.